The molecule has 0 radical (unpaired) electrons. The molecule has 24 heavy (non-hydrogen) atoms. The van der Waals surface area contributed by atoms with Gasteiger partial charge in [0.1, 0.15) is 0 Å². The molecule has 124 valence electrons. The van der Waals surface area contributed by atoms with Gasteiger partial charge in [0.05, 0.1) is 21.3 Å². The number of hydrogen-bond acceptors (Lipinski definition) is 7. The number of methoxy groups -OCH3 is 3. The Bertz CT molecular complexity index is 836. The van der Waals surface area contributed by atoms with Gasteiger partial charge >= 0.3 is 0 Å². The number of anilines is 1. The molecule has 0 aliphatic heterocycles. The molecule has 3 rings (SSSR count). The Morgan fingerprint density at radius 2 is 1.62 bits per heavy atom. The summed E-state index contributed by atoms with van der Waals surface area (Å²) < 4.78 is 21.3. The van der Waals surface area contributed by atoms with Crippen LogP contribution in [0.4, 0.5) is 5.69 Å². The minimum atomic E-state index is 0.381. The summed E-state index contributed by atoms with van der Waals surface area (Å²) in [4.78, 5) is 4.41. The number of benzene rings is 2. The van der Waals surface area contributed by atoms with Crippen LogP contribution in [0.3, 0.4) is 0 Å². The highest BCUT2D eigenvalue weighted by atomic mass is 16.5. The van der Waals surface area contributed by atoms with Crippen LogP contribution >= 0.6 is 0 Å². The van der Waals surface area contributed by atoms with Crippen molar-refractivity contribution in [2.45, 2.75) is 0 Å². The summed E-state index contributed by atoms with van der Waals surface area (Å²) in [5.74, 6) is 2.32. The molecular formula is C17H17N3O4. The molecular weight excluding hydrogens is 310 g/mol. The molecule has 0 amide bonds. The fraction of sp³-hybridized carbons (Fsp3) is 0.176. The molecule has 0 aliphatic carbocycles. The van der Waals surface area contributed by atoms with Gasteiger partial charge in [0.15, 0.2) is 11.5 Å². The lowest BCUT2D eigenvalue weighted by Crippen LogP contribution is -1.96. The topological polar surface area (TPSA) is 92.6 Å². The van der Waals surface area contributed by atoms with Crippen molar-refractivity contribution in [3.63, 3.8) is 0 Å². The molecule has 0 fully saturated rings. The van der Waals surface area contributed by atoms with E-state index in [1.165, 1.54) is 0 Å². The van der Waals surface area contributed by atoms with Crippen molar-refractivity contribution in [1.29, 1.82) is 0 Å². The van der Waals surface area contributed by atoms with Gasteiger partial charge in [-0.2, -0.15) is 4.98 Å². The second-order valence-electron chi connectivity index (χ2n) is 4.96. The number of ether oxygens (including phenoxy) is 3. The van der Waals surface area contributed by atoms with Crippen LogP contribution in [0.2, 0.25) is 0 Å². The average Bonchev–Trinajstić information content (AvgIpc) is 3.10. The molecule has 7 nitrogen and oxygen atoms in total. The van der Waals surface area contributed by atoms with E-state index >= 15 is 0 Å². The smallest absolute Gasteiger partial charge is 0.258 e. The minimum Gasteiger partial charge on any atom is -0.493 e. The highest BCUT2D eigenvalue weighted by Gasteiger charge is 2.17. The van der Waals surface area contributed by atoms with Crippen molar-refractivity contribution in [2.75, 3.05) is 27.1 Å². The van der Waals surface area contributed by atoms with Crippen molar-refractivity contribution < 1.29 is 18.7 Å². The van der Waals surface area contributed by atoms with Crippen molar-refractivity contribution in [1.82, 2.24) is 10.1 Å². The lowest BCUT2D eigenvalue weighted by atomic mass is 10.1. The lowest BCUT2D eigenvalue weighted by molar-refractivity contribution is 0.324. The summed E-state index contributed by atoms with van der Waals surface area (Å²) in [6.07, 6.45) is 0. The fourth-order valence-electron chi connectivity index (χ4n) is 2.34. The summed E-state index contributed by atoms with van der Waals surface area (Å²) in [6.45, 7) is 0. The van der Waals surface area contributed by atoms with Gasteiger partial charge in [0.25, 0.3) is 5.89 Å². The Hall–Kier alpha value is -3.22. The van der Waals surface area contributed by atoms with Crippen LogP contribution in [0.15, 0.2) is 40.9 Å². The average molecular weight is 327 g/mol. The number of nitrogens with zero attached hydrogens (tertiary/aromatic N) is 2. The van der Waals surface area contributed by atoms with E-state index in [0.717, 1.165) is 5.56 Å². The molecule has 0 atom stereocenters. The van der Waals surface area contributed by atoms with Crippen molar-refractivity contribution in [3.8, 4) is 40.1 Å². The normalized spacial score (nSPS) is 10.5. The third-order valence-electron chi connectivity index (χ3n) is 3.48. The van der Waals surface area contributed by atoms with Crippen molar-refractivity contribution in [3.05, 3.63) is 36.4 Å². The largest absolute Gasteiger partial charge is 0.493 e. The zero-order valence-corrected chi connectivity index (χ0v) is 13.6. The zero-order valence-electron chi connectivity index (χ0n) is 13.6. The maximum atomic E-state index is 5.78. The van der Waals surface area contributed by atoms with Gasteiger partial charge in [-0.25, -0.2) is 0 Å². The quantitative estimate of drug-likeness (QED) is 0.720. The third-order valence-corrected chi connectivity index (χ3v) is 3.48. The molecule has 1 heterocycles. The summed E-state index contributed by atoms with van der Waals surface area (Å²) in [5.41, 5.74) is 7.84. The lowest BCUT2D eigenvalue weighted by Gasteiger charge is -2.12. The van der Waals surface area contributed by atoms with Crippen molar-refractivity contribution >= 4 is 5.69 Å². The van der Waals surface area contributed by atoms with Crippen LogP contribution < -0.4 is 19.9 Å². The van der Waals surface area contributed by atoms with Crippen LogP contribution in [0.1, 0.15) is 0 Å². The molecule has 2 aromatic carbocycles. The monoisotopic (exact) mass is 327 g/mol. The Balaban J connectivity index is 2.04. The standard InChI is InChI=1S/C17H17N3O4/c1-21-13-8-11(9-14(22-2)15(13)23-3)16-19-17(24-20-16)10-5-4-6-12(18)7-10/h4-9H,18H2,1-3H3. The Morgan fingerprint density at radius 3 is 2.21 bits per heavy atom. The van der Waals surface area contributed by atoms with E-state index in [9.17, 15) is 0 Å². The Kier molecular flexibility index (Phi) is 4.24. The van der Waals surface area contributed by atoms with Crippen LogP contribution in [0.25, 0.3) is 22.8 Å². The predicted octanol–water partition coefficient (Wildman–Crippen LogP) is 3.01. The number of hydrogen-bond donors (Lipinski definition) is 1. The molecule has 2 N–H and O–H groups in total. The van der Waals surface area contributed by atoms with E-state index in [2.05, 4.69) is 10.1 Å². The van der Waals surface area contributed by atoms with Gasteiger partial charge in [-0.1, -0.05) is 11.2 Å². The van der Waals surface area contributed by atoms with Gasteiger partial charge in [-0.15, -0.1) is 0 Å². The van der Waals surface area contributed by atoms with Gasteiger partial charge in [0, 0.05) is 16.8 Å². The van der Waals surface area contributed by atoms with E-state index in [4.69, 9.17) is 24.5 Å². The van der Waals surface area contributed by atoms with Gasteiger partial charge < -0.3 is 24.5 Å². The molecule has 3 aromatic rings. The van der Waals surface area contributed by atoms with Crippen LogP contribution in [0, 0.1) is 0 Å². The maximum Gasteiger partial charge on any atom is 0.258 e. The van der Waals surface area contributed by atoms with E-state index in [1.54, 1.807) is 45.6 Å². The third kappa shape index (κ3) is 2.83. The maximum absolute atomic E-state index is 5.78. The number of nitrogens with two attached hydrogens (primary N) is 1. The van der Waals surface area contributed by atoms with Crippen molar-refractivity contribution in [2.24, 2.45) is 0 Å². The summed E-state index contributed by atoms with van der Waals surface area (Å²) in [5, 5.41) is 4.02. The first-order valence-electron chi connectivity index (χ1n) is 7.16. The van der Waals surface area contributed by atoms with Gasteiger partial charge in [-0.3, -0.25) is 0 Å². The molecule has 0 saturated heterocycles. The SMILES string of the molecule is COc1cc(-c2noc(-c3cccc(N)c3)n2)cc(OC)c1OC. The highest BCUT2D eigenvalue weighted by Crippen LogP contribution is 2.40. The fourth-order valence-corrected chi connectivity index (χ4v) is 2.34. The van der Waals surface area contributed by atoms with Crippen LogP contribution in [0.5, 0.6) is 17.2 Å². The second-order valence-corrected chi connectivity index (χ2v) is 4.96. The zero-order chi connectivity index (χ0) is 17.1. The van der Waals surface area contributed by atoms with E-state index in [0.29, 0.717) is 40.2 Å². The van der Waals surface area contributed by atoms with Crippen LogP contribution in [-0.2, 0) is 0 Å². The molecule has 0 saturated carbocycles. The van der Waals surface area contributed by atoms with E-state index in [1.807, 2.05) is 12.1 Å². The van der Waals surface area contributed by atoms with Crippen LogP contribution in [-0.4, -0.2) is 31.5 Å². The van der Waals surface area contributed by atoms with E-state index < -0.39 is 0 Å². The number of rotatable bonds is 5. The summed E-state index contributed by atoms with van der Waals surface area (Å²) >= 11 is 0. The summed E-state index contributed by atoms with van der Waals surface area (Å²) in [7, 11) is 4.65. The highest BCUT2D eigenvalue weighted by molar-refractivity contribution is 5.68. The predicted molar refractivity (Wildman–Crippen MR) is 89.2 cm³/mol. The molecule has 0 unspecified atom stereocenters. The van der Waals surface area contributed by atoms with Gasteiger partial charge in [-0.05, 0) is 30.3 Å². The second kappa shape index (κ2) is 6.49. The first-order valence-corrected chi connectivity index (χ1v) is 7.16. The Labute approximate surface area is 139 Å². The number of aromatic nitrogens is 2. The number of nitrogen functional groups attached to an aromatic ring is 1. The first-order chi connectivity index (χ1) is 11.7. The summed E-state index contributed by atoms with van der Waals surface area (Å²) in [6, 6.07) is 10.8. The first kappa shape index (κ1) is 15.7. The molecule has 0 aliphatic rings. The Morgan fingerprint density at radius 1 is 0.917 bits per heavy atom. The van der Waals surface area contributed by atoms with Gasteiger partial charge in [0.2, 0.25) is 11.6 Å². The molecule has 0 bridgehead atoms. The minimum absolute atomic E-state index is 0.381. The van der Waals surface area contributed by atoms with E-state index in [-0.39, 0.29) is 0 Å². The molecule has 1 aromatic heterocycles. The molecule has 7 heteroatoms. The molecule has 0 spiro atoms.